The molecule has 8 nitrogen and oxygen atoms in total. The molecule has 1 amide bonds. The third-order valence-electron chi connectivity index (χ3n) is 5.74. The first-order valence-corrected chi connectivity index (χ1v) is 13.4. The van der Waals surface area contributed by atoms with Crippen LogP contribution in [0.4, 0.5) is 4.39 Å². The number of thioether (sulfide) groups is 1. The molecule has 0 unspecified atom stereocenters. The zero-order valence-electron chi connectivity index (χ0n) is 19.6. The van der Waals surface area contributed by atoms with Crippen LogP contribution in [0.25, 0.3) is 10.2 Å². The lowest BCUT2D eigenvalue weighted by atomic mass is 10.1. The number of nitrogens with zero attached hydrogens (tertiary/aromatic N) is 2. The first kappa shape index (κ1) is 25.0. The predicted octanol–water partition coefficient (Wildman–Crippen LogP) is 4.40. The van der Waals surface area contributed by atoms with E-state index >= 15 is 0 Å². The highest BCUT2D eigenvalue weighted by atomic mass is 32.2. The third kappa shape index (κ3) is 5.83. The second-order valence-corrected chi connectivity index (χ2v) is 10.1. The lowest BCUT2D eigenvalue weighted by molar-refractivity contribution is -0.121. The molecule has 0 radical (unpaired) electrons. The number of halogens is 1. The number of thiophene rings is 1. The van der Waals surface area contributed by atoms with E-state index in [1.165, 1.54) is 40.2 Å². The maximum absolute atomic E-state index is 13.2. The molecule has 0 saturated heterocycles. The molecule has 3 heterocycles. The van der Waals surface area contributed by atoms with Gasteiger partial charge in [0.15, 0.2) is 22.4 Å². The van der Waals surface area contributed by atoms with Crippen LogP contribution in [0.15, 0.2) is 63.9 Å². The van der Waals surface area contributed by atoms with Gasteiger partial charge < -0.3 is 14.8 Å². The number of fused-ring (bicyclic) bond motifs is 2. The lowest BCUT2D eigenvalue weighted by Gasteiger charge is -2.12. The number of hydrogen-bond donors (Lipinski definition) is 1. The van der Waals surface area contributed by atoms with E-state index in [1.807, 2.05) is 18.2 Å². The van der Waals surface area contributed by atoms with E-state index in [9.17, 15) is 18.8 Å². The number of aromatic nitrogens is 2. The molecule has 0 atom stereocenters. The molecule has 5 rings (SSSR count). The molecule has 37 heavy (non-hydrogen) atoms. The van der Waals surface area contributed by atoms with Gasteiger partial charge in [-0.1, -0.05) is 17.8 Å². The molecule has 4 aromatic rings. The number of hydrogen-bond acceptors (Lipinski definition) is 8. The van der Waals surface area contributed by atoms with E-state index in [1.54, 1.807) is 11.4 Å². The van der Waals surface area contributed by atoms with Crippen molar-refractivity contribution in [3.05, 3.63) is 81.2 Å². The lowest BCUT2D eigenvalue weighted by Crippen LogP contribution is -2.26. The van der Waals surface area contributed by atoms with Gasteiger partial charge in [0.25, 0.3) is 5.56 Å². The number of Topliss-reactive ketones (excluding diaryl/α,β-unsaturated/α-hetero) is 1. The number of amides is 1. The summed E-state index contributed by atoms with van der Waals surface area (Å²) >= 11 is 2.46. The van der Waals surface area contributed by atoms with Crippen molar-refractivity contribution in [3.8, 4) is 11.5 Å². The Labute approximate surface area is 219 Å². The first-order chi connectivity index (χ1) is 18.0. The normalized spacial score (nSPS) is 12.1. The van der Waals surface area contributed by atoms with Gasteiger partial charge in [-0.2, -0.15) is 0 Å². The molecule has 0 saturated carbocycles. The summed E-state index contributed by atoms with van der Waals surface area (Å²) in [6, 6.07) is 12.6. The summed E-state index contributed by atoms with van der Waals surface area (Å²) in [6.07, 6.45) is 0.642. The van der Waals surface area contributed by atoms with Crippen LogP contribution in [0.1, 0.15) is 28.8 Å². The van der Waals surface area contributed by atoms with Crippen LogP contribution in [-0.4, -0.2) is 33.8 Å². The molecular formula is C26H22FN3O5S2. The summed E-state index contributed by atoms with van der Waals surface area (Å²) in [7, 11) is 0. The van der Waals surface area contributed by atoms with Crippen molar-refractivity contribution in [2.24, 2.45) is 0 Å². The number of ether oxygens (including phenoxy) is 2. The zero-order chi connectivity index (χ0) is 25.8. The molecule has 1 aliphatic heterocycles. The van der Waals surface area contributed by atoms with Crippen LogP contribution >= 0.6 is 23.1 Å². The first-order valence-electron chi connectivity index (χ1n) is 11.5. The second kappa shape index (κ2) is 11.1. The van der Waals surface area contributed by atoms with Gasteiger partial charge >= 0.3 is 0 Å². The Balaban J connectivity index is 1.21. The maximum Gasteiger partial charge on any atom is 0.272 e. The SMILES string of the molecule is O=C(CCCn1c(SCC(=O)c2ccc(F)cc2)nc2ccsc2c1=O)NCc1ccc2c(c1)OCO2. The number of carbonyl (C=O) groups excluding carboxylic acids is 2. The van der Waals surface area contributed by atoms with Gasteiger partial charge in [0.05, 0.1) is 11.3 Å². The molecule has 0 aliphatic carbocycles. The minimum Gasteiger partial charge on any atom is -0.454 e. The molecular weight excluding hydrogens is 517 g/mol. The second-order valence-electron chi connectivity index (χ2n) is 8.27. The van der Waals surface area contributed by atoms with E-state index in [0.29, 0.717) is 45.4 Å². The van der Waals surface area contributed by atoms with Gasteiger partial charge in [-0.05, 0) is 59.8 Å². The average molecular weight is 540 g/mol. The van der Waals surface area contributed by atoms with Crippen LogP contribution in [0, 0.1) is 5.82 Å². The predicted molar refractivity (Wildman–Crippen MR) is 139 cm³/mol. The summed E-state index contributed by atoms with van der Waals surface area (Å²) in [5, 5.41) is 5.09. The van der Waals surface area contributed by atoms with E-state index in [0.717, 1.165) is 17.3 Å². The minimum atomic E-state index is -0.414. The Bertz CT molecular complexity index is 1520. The summed E-state index contributed by atoms with van der Waals surface area (Å²) < 4.78 is 25.9. The number of nitrogens with one attached hydrogen (secondary N) is 1. The molecule has 2 aromatic heterocycles. The Morgan fingerprint density at radius 3 is 2.76 bits per heavy atom. The van der Waals surface area contributed by atoms with Crippen LogP contribution in [-0.2, 0) is 17.9 Å². The fourth-order valence-electron chi connectivity index (χ4n) is 3.82. The van der Waals surface area contributed by atoms with Crippen molar-refractivity contribution in [1.82, 2.24) is 14.9 Å². The fourth-order valence-corrected chi connectivity index (χ4v) is 5.52. The van der Waals surface area contributed by atoms with Crippen molar-refractivity contribution in [2.75, 3.05) is 12.5 Å². The molecule has 0 fully saturated rings. The Kier molecular flexibility index (Phi) is 7.52. The Morgan fingerprint density at radius 1 is 1.11 bits per heavy atom. The van der Waals surface area contributed by atoms with Crippen molar-refractivity contribution in [1.29, 1.82) is 0 Å². The summed E-state index contributed by atoms with van der Waals surface area (Å²) in [5.74, 6) is 0.637. The average Bonchev–Trinajstić information content (AvgIpc) is 3.57. The maximum atomic E-state index is 13.2. The van der Waals surface area contributed by atoms with Crippen molar-refractivity contribution >= 4 is 45.0 Å². The van der Waals surface area contributed by atoms with Crippen molar-refractivity contribution < 1.29 is 23.5 Å². The summed E-state index contributed by atoms with van der Waals surface area (Å²) in [5.41, 5.74) is 1.66. The highest BCUT2D eigenvalue weighted by Gasteiger charge is 2.16. The number of ketones is 1. The smallest absolute Gasteiger partial charge is 0.272 e. The number of rotatable bonds is 10. The molecule has 2 aromatic carbocycles. The van der Waals surface area contributed by atoms with Crippen molar-refractivity contribution in [2.45, 2.75) is 31.1 Å². The molecule has 11 heteroatoms. The molecule has 1 N–H and O–H groups in total. The zero-order valence-corrected chi connectivity index (χ0v) is 21.2. The molecule has 190 valence electrons. The Hall–Kier alpha value is -3.70. The minimum absolute atomic E-state index is 0.0454. The van der Waals surface area contributed by atoms with Crippen LogP contribution in [0.3, 0.4) is 0 Å². The number of carbonyl (C=O) groups is 2. The van der Waals surface area contributed by atoms with Crippen LogP contribution in [0.5, 0.6) is 11.5 Å². The van der Waals surface area contributed by atoms with Gasteiger partial charge in [-0.3, -0.25) is 19.0 Å². The monoisotopic (exact) mass is 539 g/mol. The van der Waals surface area contributed by atoms with Crippen LogP contribution < -0.4 is 20.3 Å². The standard InChI is InChI=1S/C26H22FN3O5S2/c27-18-6-4-17(5-7-18)20(31)14-37-26-29-19-9-11-36-24(19)25(33)30(26)10-1-2-23(32)28-13-16-3-8-21-22(12-16)35-15-34-21/h3-9,11-12H,1-2,10,13-15H2,(H,28,32). The molecule has 1 aliphatic rings. The van der Waals surface area contributed by atoms with E-state index < -0.39 is 5.82 Å². The van der Waals surface area contributed by atoms with E-state index in [-0.39, 0.29) is 42.8 Å². The van der Waals surface area contributed by atoms with Crippen LogP contribution in [0.2, 0.25) is 0 Å². The summed E-state index contributed by atoms with van der Waals surface area (Å²) in [6.45, 7) is 0.826. The Morgan fingerprint density at radius 2 is 1.92 bits per heavy atom. The van der Waals surface area contributed by atoms with Gasteiger partial charge in [0, 0.05) is 25.1 Å². The van der Waals surface area contributed by atoms with Crippen molar-refractivity contribution in [3.63, 3.8) is 0 Å². The van der Waals surface area contributed by atoms with Gasteiger partial charge in [-0.25, -0.2) is 9.37 Å². The summed E-state index contributed by atoms with van der Waals surface area (Å²) in [4.78, 5) is 42.7. The van der Waals surface area contributed by atoms with Gasteiger partial charge in [0.2, 0.25) is 12.7 Å². The largest absolute Gasteiger partial charge is 0.454 e. The highest BCUT2D eigenvalue weighted by molar-refractivity contribution is 7.99. The van der Waals surface area contributed by atoms with E-state index in [2.05, 4.69) is 10.3 Å². The third-order valence-corrected chi connectivity index (χ3v) is 7.61. The number of benzene rings is 2. The topological polar surface area (TPSA) is 99.5 Å². The highest BCUT2D eigenvalue weighted by Crippen LogP contribution is 2.32. The van der Waals surface area contributed by atoms with Gasteiger partial charge in [-0.15, -0.1) is 11.3 Å². The quantitative estimate of drug-likeness (QED) is 0.181. The molecule has 0 bridgehead atoms. The van der Waals surface area contributed by atoms with E-state index in [4.69, 9.17) is 9.47 Å². The fraction of sp³-hybridized carbons (Fsp3) is 0.231. The van der Waals surface area contributed by atoms with Gasteiger partial charge in [0.1, 0.15) is 10.5 Å². The molecule has 0 spiro atoms.